The Morgan fingerprint density at radius 1 is 1.47 bits per heavy atom. The average molecular weight is 265 g/mol. The van der Waals surface area contributed by atoms with Gasteiger partial charge in [0.15, 0.2) is 0 Å². The first kappa shape index (κ1) is 13.3. The number of nitrogens with two attached hydrogens (primary N) is 1. The molecule has 0 unspecified atom stereocenters. The number of piperazine rings is 1. The van der Waals surface area contributed by atoms with Crippen LogP contribution < -0.4 is 11.1 Å². The molecule has 3 N–H and O–H groups in total. The fourth-order valence-electron chi connectivity index (χ4n) is 2.07. The Morgan fingerprint density at radius 3 is 2.79 bits per heavy atom. The van der Waals surface area contributed by atoms with Gasteiger partial charge in [0.1, 0.15) is 11.4 Å². The van der Waals surface area contributed by atoms with Crippen LogP contribution in [0.3, 0.4) is 0 Å². The van der Waals surface area contributed by atoms with Gasteiger partial charge < -0.3 is 16.0 Å². The molecular formula is C13H16FN3O2. The van der Waals surface area contributed by atoms with Gasteiger partial charge in [-0.25, -0.2) is 4.39 Å². The van der Waals surface area contributed by atoms with Crippen molar-refractivity contribution in [3.8, 4) is 0 Å². The highest BCUT2D eigenvalue weighted by atomic mass is 19.1. The number of hydrogen-bond acceptors (Lipinski definition) is 3. The molecule has 0 aliphatic carbocycles. The van der Waals surface area contributed by atoms with Gasteiger partial charge in [0.05, 0.1) is 5.69 Å². The second-order valence-corrected chi connectivity index (χ2v) is 5.01. The Labute approximate surface area is 110 Å². The van der Waals surface area contributed by atoms with E-state index < -0.39 is 11.4 Å². The van der Waals surface area contributed by atoms with Crippen molar-refractivity contribution in [1.29, 1.82) is 0 Å². The van der Waals surface area contributed by atoms with Gasteiger partial charge in [-0.2, -0.15) is 0 Å². The van der Waals surface area contributed by atoms with Gasteiger partial charge in [-0.15, -0.1) is 0 Å². The monoisotopic (exact) mass is 265 g/mol. The Morgan fingerprint density at radius 2 is 2.16 bits per heavy atom. The molecule has 0 atom stereocenters. The van der Waals surface area contributed by atoms with Gasteiger partial charge in [-0.1, -0.05) is 0 Å². The second-order valence-electron chi connectivity index (χ2n) is 5.01. The van der Waals surface area contributed by atoms with Crippen LogP contribution in [0.4, 0.5) is 10.1 Å². The number of nitrogen functional groups attached to an aromatic ring is 1. The zero-order chi connectivity index (χ0) is 14.2. The maximum Gasteiger partial charge on any atom is 0.254 e. The fraction of sp³-hybridized carbons (Fsp3) is 0.385. The topological polar surface area (TPSA) is 75.4 Å². The minimum atomic E-state index is -0.951. The first-order chi connectivity index (χ1) is 8.84. The molecule has 1 heterocycles. The SMILES string of the molecule is CC1(C)C(=O)NCCN1C(=O)c1ccc(N)c(F)c1. The number of nitrogens with one attached hydrogen (secondary N) is 1. The number of rotatable bonds is 1. The first-order valence-corrected chi connectivity index (χ1v) is 5.99. The molecule has 1 aromatic carbocycles. The molecule has 1 aromatic rings. The van der Waals surface area contributed by atoms with E-state index in [1.54, 1.807) is 13.8 Å². The van der Waals surface area contributed by atoms with Crippen molar-refractivity contribution in [2.24, 2.45) is 0 Å². The van der Waals surface area contributed by atoms with Crippen LogP contribution in [0.2, 0.25) is 0 Å². The van der Waals surface area contributed by atoms with Crippen molar-refractivity contribution in [1.82, 2.24) is 10.2 Å². The number of carbonyl (C=O) groups excluding carboxylic acids is 2. The standard InChI is InChI=1S/C13H16FN3O2/c1-13(2)12(19)16-5-6-17(13)11(18)8-3-4-10(15)9(14)7-8/h3-4,7H,5-6,15H2,1-2H3,(H,16,19). The van der Waals surface area contributed by atoms with Crippen molar-refractivity contribution in [2.45, 2.75) is 19.4 Å². The Hall–Kier alpha value is -2.11. The largest absolute Gasteiger partial charge is 0.396 e. The molecule has 0 saturated carbocycles. The van der Waals surface area contributed by atoms with Crippen LogP contribution >= 0.6 is 0 Å². The van der Waals surface area contributed by atoms with Crippen molar-refractivity contribution in [2.75, 3.05) is 18.8 Å². The third kappa shape index (κ3) is 2.25. The van der Waals surface area contributed by atoms with Crippen LogP contribution in [0.1, 0.15) is 24.2 Å². The minimum Gasteiger partial charge on any atom is -0.396 e. The molecule has 0 bridgehead atoms. The molecule has 1 fully saturated rings. The van der Waals surface area contributed by atoms with Crippen LogP contribution in [0.15, 0.2) is 18.2 Å². The van der Waals surface area contributed by atoms with E-state index in [9.17, 15) is 14.0 Å². The number of nitrogens with zero attached hydrogens (tertiary/aromatic N) is 1. The predicted octanol–water partition coefficient (Wildman–Crippen LogP) is 0.758. The lowest BCUT2D eigenvalue weighted by Crippen LogP contribution is -2.63. The number of amides is 2. The van der Waals surface area contributed by atoms with Crippen molar-refractivity contribution in [3.63, 3.8) is 0 Å². The van der Waals surface area contributed by atoms with Gasteiger partial charge in [0.2, 0.25) is 5.91 Å². The molecule has 0 spiro atoms. The lowest BCUT2D eigenvalue weighted by molar-refractivity contribution is -0.133. The molecule has 6 heteroatoms. The minimum absolute atomic E-state index is 0.00722. The lowest BCUT2D eigenvalue weighted by atomic mass is 9.97. The highest BCUT2D eigenvalue weighted by Gasteiger charge is 2.40. The number of anilines is 1. The van der Waals surface area contributed by atoms with Gasteiger partial charge in [-0.3, -0.25) is 9.59 Å². The van der Waals surface area contributed by atoms with E-state index in [2.05, 4.69) is 5.32 Å². The number of hydrogen-bond donors (Lipinski definition) is 2. The maximum absolute atomic E-state index is 13.4. The van der Waals surface area contributed by atoms with Crippen LogP contribution in [0.5, 0.6) is 0 Å². The third-order valence-electron chi connectivity index (χ3n) is 3.34. The van der Waals surface area contributed by atoms with Gasteiger partial charge in [-0.05, 0) is 32.0 Å². The van der Waals surface area contributed by atoms with Gasteiger partial charge in [0, 0.05) is 18.7 Å². The van der Waals surface area contributed by atoms with E-state index in [0.717, 1.165) is 6.07 Å². The molecule has 2 amide bonds. The summed E-state index contributed by atoms with van der Waals surface area (Å²) >= 11 is 0. The third-order valence-corrected chi connectivity index (χ3v) is 3.34. The van der Waals surface area contributed by atoms with E-state index in [4.69, 9.17) is 5.73 Å². The summed E-state index contributed by atoms with van der Waals surface area (Å²) in [5.41, 5.74) is 4.61. The van der Waals surface area contributed by atoms with E-state index in [0.29, 0.717) is 13.1 Å². The number of halogens is 1. The predicted molar refractivity (Wildman–Crippen MR) is 68.9 cm³/mol. The fourth-order valence-corrected chi connectivity index (χ4v) is 2.07. The molecule has 1 saturated heterocycles. The average Bonchev–Trinajstić information content (AvgIpc) is 2.35. The lowest BCUT2D eigenvalue weighted by Gasteiger charge is -2.41. The summed E-state index contributed by atoms with van der Waals surface area (Å²) in [7, 11) is 0. The maximum atomic E-state index is 13.4. The summed E-state index contributed by atoms with van der Waals surface area (Å²) in [6.45, 7) is 4.11. The van der Waals surface area contributed by atoms with Crippen molar-refractivity contribution in [3.05, 3.63) is 29.6 Å². The highest BCUT2D eigenvalue weighted by Crippen LogP contribution is 2.22. The summed E-state index contributed by atoms with van der Waals surface area (Å²) < 4.78 is 13.4. The molecule has 102 valence electrons. The molecule has 19 heavy (non-hydrogen) atoms. The van der Waals surface area contributed by atoms with E-state index in [1.165, 1.54) is 17.0 Å². The summed E-state index contributed by atoms with van der Waals surface area (Å²) in [6, 6.07) is 3.91. The van der Waals surface area contributed by atoms with Crippen LogP contribution in [-0.2, 0) is 4.79 Å². The Kier molecular flexibility index (Phi) is 3.18. The first-order valence-electron chi connectivity index (χ1n) is 5.99. The second kappa shape index (κ2) is 4.53. The zero-order valence-electron chi connectivity index (χ0n) is 10.9. The van der Waals surface area contributed by atoms with Crippen LogP contribution in [0, 0.1) is 5.82 Å². The highest BCUT2D eigenvalue weighted by molar-refractivity contribution is 5.99. The molecule has 1 aliphatic rings. The number of carbonyl (C=O) groups is 2. The molecular weight excluding hydrogens is 249 g/mol. The van der Waals surface area contributed by atoms with Crippen molar-refractivity contribution >= 4 is 17.5 Å². The summed E-state index contributed by atoms with van der Waals surface area (Å²) in [6.07, 6.45) is 0. The van der Waals surface area contributed by atoms with Gasteiger partial charge >= 0.3 is 0 Å². The summed E-state index contributed by atoms with van der Waals surface area (Å²) in [4.78, 5) is 25.6. The molecule has 1 aliphatic heterocycles. The zero-order valence-corrected chi connectivity index (χ0v) is 10.9. The van der Waals surface area contributed by atoms with E-state index >= 15 is 0 Å². The quantitative estimate of drug-likeness (QED) is 0.736. The molecule has 0 aromatic heterocycles. The van der Waals surface area contributed by atoms with E-state index in [1.807, 2.05) is 0 Å². The molecule has 2 rings (SSSR count). The Bertz CT molecular complexity index is 543. The summed E-state index contributed by atoms with van der Waals surface area (Å²) in [5.74, 6) is -1.23. The van der Waals surface area contributed by atoms with E-state index in [-0.39, 0.29) is 23.1 Å². The molecule has 5 nitrogen and oxygen atoms in total. The number of benzene rings is 1. The normalized spacial score (nSPS) is 18.1. The summed E-state index contributed by atoms with van der Waals surface area (Å²) in [5, 5.41) is 2.70. The van der Waals surface area contributed by atoms with Crippen LogP contribution in [0.25, 0.3) is 0 Å². The van der Waals surface area contributed by atoms with Gasteiger partial charge in [0.25, 0.3) is 5.91 Å². The van der Waals surface area contributed by atoms with Crippen LogP contribution in [-0.4, -0.2) is 35.3 Å². The smallest absolute Gasteiger partial charge is 0.254 e. The molecule has 0 radical (unpaired) electrons. The Balaban J connectivity index is 2.32. The van der Waals surface area contributed by atoms with Crippen molar-refractivity contribution < 1.29 is 14.0 Å².